The van der Waals surface area contributed by atoms with Crippen LogP contribution in [0.2, 0.25) is 13.1 Å². The van der Waals surface area contributed by atoms with Crippen LogP contribution in [0.4, 0.5) is 0 Å². The highest BCUT2D eigenvalue weighted by atomic mass is 28.4. The van der Waals surface area contributed by atoms with Crippen LogP contribution >= 0.6 is 0 Å². The summed E-state index contributed by atoms with van der Waals surface area (Å²) in [6, 6.07) is 0. The molecule has 4 nitrogen and oxygen atoms in total. The lowest BCUT2D eigenvalue weighted by molar-refractivity contribution is -0.0909. The fourth-order valence-corrected chi connectivity index (χ4v) is 5.25. The average Bonchev–Trinajstić information content (AvgIpc) is 2.23. The summed E-state index contributed by atoms with van der Waals surface area (Å²) < 4.78 is 12.1. The molecule has 0 aromatic heterocycles. The van der Waals surface area contributed by atoms with Crippen LogP contribution in [0.5, 0.6) is 0 Å². The molecule has 2 N–H and O–H groups in total. The fraction of sp³-hybridized carbons (Fsp3) is 1.00. The summed E-state index contributed by atoms with van der Waals surface area (Å²) in [6.07, 6.45) is 0.223. The Morgan fingerprint density at radius 2 is 1.16 bits per heavy atom. The molecule has 0 bridgehead atoms. The molecule has 0 rings (SSSR count). The Labute approximate surface area is 120 Å². The first-order chi connectivity index (χ1) is 8.38. The van der Waals surface area contributed by atoms with E-state index in [2.05, 4.69) is 0 Å². The molecule has 0 aliphatic heterocycles. The molecule has 5 heteroatoms. The molecule has 0 saturated heterocycles. The van der Waals surface area contributed by atoms with E-state index in [1.165, 1.54) is 0 Å². The highest BCUT2D eigenvalue weighted by Crippen LogP contribution is 2.29. The molecule has 2 atom stereocenters. The Bertz CT molecular complexity index is 256. The molecule has 0 amide bonds. The van der Waals surface area contributed by atoms with Crippen LogP contribution in [0, 0.1) is 0 Å². The van der Waals surface area contributed by atoms with Gasteiger partial charge in [-0.15, -0.1) is 0 Å². The molecule has 0 aromatic rings. The van der Waals surface area contributed by atoms with Gasteiger partial charge in [-0.2, -0.15) is 0 Å². The third-order valence-electron chi connectivity index (χ3n) is 3.40. The lowest BCUT2D eigenvalue weighted by atomic mass is 10.0. The van der Waals surface area contributed by atoms with Crippen molar-refractivity contribution >= 4 is 8.56 Å². The van der Waals surface area contributed by atoms with Crippen LogP contribution in [-0.2, 0) is 8.85 Å². The third kappa shape index (κ3) is 5.91. The predicted octanol–water partition coefficient (Wildman–Crippen LogP) is 3.07. The van der Waals surface area contributed by atoms with Crippen LogP contribution in [0.25, 0.3) is 0 Å². The molecule has 0 aliphatic carbocycles. The minimum absolute atomic E-state index is 0. The lowest BCUT2D eigenvalue weighted by Crippen LogP contribution is -2.54. The van der Waals surface area contributed by atoms with Crippen molar-refractivity contribution in [3.8, 4) is 0 Å². The number of aliphatic hydroxyl groups is 2. The normalized spacial score (nSPS) is 17.4. The first-order valence-electron chi connectivity index (χ1n) is 7.14. The lowest BCUT2D eigenvalue weighted by Gasteiger charge is -2.42. The van der Waals surface area contributed by atoms with Crippen molar-refractivity contribution in [2.75, 3.05) is 0 Å². The number of hydrogen-bond donors (Lipinski definition) is 2. The zero-order valence-corrected chi connectivity index (χ0v) is 14.8. The van der Waals surface area contributed by atoms with Gasteiger partial charge in [-0.25, -0.2) is 0 Å². The van der Waals surface area contributed by atoms with E-state index in [0.29, 0.717) is 12.8 Å². The molecule has 2 unspecified atom stereocenters. The van der Waals surface area contributed by atoms with Crippen molar-refractivity contribution in [2.45, 2.75) is 90.9 Å². The first kappa shape index (κ1) is 19.1. The van der Waals surface area contributed by atoms with Crippen LogP contribution in [0.1, 0.15) is 55.8 Å². The van der Waals surface area contributed by atoms with E-state index < -0.39 is 32.0 Å². The van der Waals surface area contributed by atoms with Gasteiger partial charge < -0.3 is 19.1 Å². The molecule has 0 aliphatic rings. The van der Waals surface area contributed by atoms with Gasteiger partial charge in [-0.05, 0) is 53.6 Å². The van der Waals surface area contributed by atoms with E-state index in [1.54, 1.807) is 0 Å². The summed E-state index contributed by atoms with van der Waals surface area (Å²) in [5, 5.41) is 20.0. The summed E-state index contributed by atoms with van der Waals surface area (Å²) >= 11 is 0. The van der Waals surface area contributed by atoms with E-state index in [-0.39, 0.29) is 1.43 Å². The Morgan fingerprint density at radius 1 is 0.895 bits per heavy atom. The van der Waals surface area contributed by atoms with Crippen molar-refractivity contribution in [2.24, 2.45) is 0 Å². The second kappa shape index (κ2) is 6.67. The molecule has 0 spiro atoms. The predicted molar refractivity (Wildman–Crippen MR) is 82.5 cm³/mol. The zero-order chi connectivity index (χ0) is 15.5. The van der Waals surface area contributed by atoms with E-state index in [4.69, 9.17) is 8.85 Å². The van der Waals surface area contributed by atoms with E-state index in [1.807, 2.05) is 54.6 Å². The van der Waals surface area contributed by atoms with E-state index >= 15 is 0 Å². The maximum absolute atomic E-state index is 9.99. The Balaban J connectivity index is 0. The summed E-state index contributed by atoms with van der Waals surface area (Å²) in [4.78, 5) is 0. The highest BCUT2D eigenvalue weighted by molar-refractivity contribution is 6.64. The minimum Gasteiger partial charge on any atom is -0.390 e. The van der Waals surface area contributed by atoms with Crippen LogP contribution in [0.3, 0.4) is 0 Å². The monoisotopic (exact) mass is 294 g/mol. The average molecular weight is 295 g/mol. The Morgan fingerprint density at radius 3 is 1.37 bits per heavy atom. The number of rotatable bonds is 8. The summed E-state index contributed by atoms with van der Waals surface area (Å²) in [5.74, 6) is 0. The van der Waals surface area contributed by atoms with Gasteiger partial charge in [0.2, 0.25) is 0 Å². The van der Waals surface area contributed by atoms with E-state index in [9.17, 15) is 10.2 Å². The molecule has 0 aromatic carbocycles. The molecule has 118 valence electrons. The third-order valence-corrected chi connectivity index (χ3v) is 5.43. The van der Waals surface area contributed by atoms with Gasteiger partial charge in [-0.3, -0.25) is 0 Å². The topological polar surface area (TPSA) is 58.9 Å². The van der Waals surface area contributed by atoms with Gasteiger partial charge in [0.25, 0.3) is 0 Å². The van der Waals surface area contributed by atoms with E-state index in [0.717, 1.165) is 0 Å². The fourth-order valence-electron chi connectivity index (χ4n) is 2.41. The second-order valence-corrected chi connectivity index (χ2v) is 9.87. The molecule has 0 radical (unpaired) electrons. The second-order valence-electron chi connectivity index (χ2n) is 6.66. The van der Waals surface area contributed by atoms with Gasteiger partial charge in [0.15, 0.2) is 0 Å². The van der Waals surface area contributed by atoms with Crippen molar-refractivity contribution in [3.05, 3.63) is 0 Å². The minimum atomic E-state index is -2.45. The largest absolute Gasteiger partial charge is 0.390 e. The van der Waals surface area contributed by atoms with Crippen molar-refractivity contribution < 1.29 is 20.5 Å². The summed E-state index contributed by atoms with van der Waals surface area (Å²) in [6.45, 7) is 15.3. The van der Waals surface area contributed by atoms with Crippen molar-refractivity contribution in [1.82, 2.24) is 0 Å². The van der Waals surface area contributed by atoms with Crippen LogP contribution in [-0.4, -0.2) is 42.2 Å². The van der Waals surface area contributed by atoms with Crippen LogP contribution in [0.15, 0.2) is 0 Å². The van der Waals surface area contributed by atoms with Gasteiger partial charge in [0.05, 0.1) is 23.4 Å². The van der Waals surface area contributed by atoms with Gasteiger partial charge in [-0.1, -0.05) is 13.8 Å². The molecule has 0 saturated carbocycles. The highest BCUT2D eigenvalue weighted by Gasteiger charge is 2.42. The Kier molecular flexibility index (Phi) is 6.69. The number of hydrogen-bond acceptors (Lipinski definition) is 4. The summed E-state index contributed by atoms with van der Waals surface area (Å²) in [5.41, 5.74) is -1.28. The molecule has 0 heterocycles. The van der Waals surface area contributed by atoms with Gasteiger partial charge in [0.1, 0.15) is 0 Å². The molecular formula is C14H34O4Si. The zero-order valence-electron chi connectivity index (χ0n) is 13.8. The Hall–Kier alpha value is 0.0569. The molecule has 19 heavy (non-hydrogen) atoms. The van der Waals surface area contributed by atoms with Crippen molar-refractivity contribution in [1.29, 1.82) is 0 Å². The smallest absolute Gasteiger partial charge is 0.332 e. The maximum Gasteiger partial charge on any atom is 0.332 e. The molecular weight excluding hydrogens is 260 g/mol. The first-order valence-corrected chi connectivity index (χ1v) is 9.96. The maximum atomic E-state index is 9.99. The van der Waals surface area contributed by atoms with Gasteiger partial charge >= 0.3 is 8.56 Å². The standard InChI is InChI=1S/C14H32O4Si.H2/c1-9-11(15)13(3,4)17-19(7,8)18-14(5,6)12(16)10-2;/h11-12,15-16H,9-10H2,1-8H3;1H. The number of aliphatic hydroxyl groups excluding tert-OH is 2. The molecule has 0 fully saturated rings. The summed E-state index contributed by atoms with van der Waals surface area (Å²) in [7, 11) is -2.45. The van der Waals surface area contributed by atoms with Crippen LogP contribution < -0.4 is 0 Å². The quantitative estimate of drug-likeness (QED) is 0.676. The SMILES string of the molecule is CCC(O)C(C)(C)O[Si](C)(C)OC(C)(C)C(O)CC.[HH]. The van der Waals surface area contributed by atoms with Gasteiger partial charge in [0, 0.05) is 1.43 Å². The van der Waals surface area contributed by atoms with Crippen molar-refractivity contribution in [3.63, 3.8) is 0 Å².